The highest BCUT2D eigenvalue weighted by molar-refractivity contribution is 7.53. The molecule has 0 aliphatic rings. The Morgan fingerprint density at radius 1 is 0.941 bits per heavy atom. The lowest BCUT2D eigenvalue weighted by molar-refractivity contribution is 0.164. The molecule has 0 amide bonds. The maximum absolute atomic E-state index is 12.4. The van der Waals surface area contributed by atoms with Crippen LogP contribution in [0.2, 0.25) is 0 Å². The van der Waals surface area contributed by atoms with Gasteiger partial charge in [0.2, 0.25) is 0 Å². The molecular weight excluding hydrogens is 235 g/mol. The normalized spacial score (nSPS) is 18.6. The summed E-state index contributed by atoms with van der Waals surface area (Å²) in [6.45, 7) is 11.5. The van der Waals surface area contributed by atoms with Gasteiger partial charge in [0.05, 0.1) is 13.2 Å². The Bertz CT molecular complexity index is 213. The Morgan fingerprint density at radius 2 is 1.35 bits per heavy atom. The summed E-state index contributed by atoms with van der Waals surface area (Å²) in [5.41, 5.74) is 0. The minimum absolute atomic E-state index is 0.437. The third-order valence-electron chi connectivity index (χ3n) is 3.00. The van der Waals surface area contributed by atoms with Gasteiger partial charge in [-0.05, 0) is 18.3 Å². The molecule has 0 aromatic carbocycles. The van der Waals surface area contributed by atoms with Crippen molar-refractivity contribution in [3.05, 3.63) is 0 Å². The first kappa shape index (κ1) is 17.2. The highest BCUT2D eigenvalue weighted by Crippen LogP contribution is 2.49. The molecule has 2 unspecified atom stereocenters. The fourth-order valence-corrected chi connectivity index (χ4v) is 3.00. The molecule has 0 saturated heterocycles. The summed E-state index contributed by atoms with van der Waals surface area (Å²) >= 11 is 0. The molecule has 0 radical (unpaired) electrons. The van der Waals surface area contributed by atoms with Crippen LogP contribution in [-0.4, -0.2) is 19.4 Å². The Morgan fingerprint density at radius 3 is 1.65 bits per heavy atom. The van der Waals surface area contributed by atoms with Gasteiger partial charge in [0.25, 0.3) is 0 Å². The summed E-state index contributed by atoms with van der Waals surface area (Å²) in [6.07, 6.45) is 3.44. The predicted octanol–water partition coefficient (Wildman–Crippen LogP) is 4.71. The van der Waals surface area contributed by atoms with Crippen molar-refractivity contribution in [3.63, 3.8) is 0 Å². The number of hydrogen-bond donors (Lipinski definition) is 0. The van der Waals surface area contributed by atoms with E-state index in [1.165, 1.54) is 0 Å². The van der Waals surface area contributed by atoms with Crippen molar-refractivity contribution in [2.45, 2.75) is 53.9 Å². The van der Waals surface area contributed by atoms with Gasteiger partial charge in [-0.2, -0.15) is 0 Å². The molecule has 0 saturated carbocycles. The van der Waals surface area contributed by atoms with Gasteiger partial charge in [-0.3, -0.25) is 4.57 Å². The maximum Gasteiger partial charge on any atom is 0.330 e. The van der Waals surface area contributed by atoms with E-state index >= 15 is 0 Å². The zero-order chi connectivity index (χ0) is 13.3. The van der Waals surface area contributed by atoms with Crippen molar-refractivity contribution in [3.8, 4) is 0 Å². The van der Waals surface area contributed by atoms with Crippen LogP contribution in [0.4, 0.5) is 0 Å². The molecule has 0 bridgehead atoms. The van der Waals surface area contributed by atoms with Crippen LogP contribution in [0.1, 0.15) is 53.9 Å². The van der Waals surface area contributed by atoms with E-state index in [-0.39, 0.29) is 0 Å². The second kappa shape index (κ2) is 9.13. The highest BCUT2D eigenvalue weighted by Gasteiger charge is 2.24. The van der Waals surface area contributed by atoms with Crippen molar-refractivity contribution in [2.75, 3.05) is 19.4 Å². The second-order valence-electron chi connectivity index (χ2n) is 4.95. The number of hydrogen-bond acceptors (Lipinski definition) is 3. The third-order valence-corrected chi connectivity index (χ3v) is 5.08. The predicted molar refractivity (Wildman–Crippen MR) is 73.6 cm³/mol. The van der Waals surface area contributed by atoms with E-state index < -0.39 is 7.60 Å². The van der Waals surface area contributed by atoms with Crippen molar-refractivity contribution in [1.29, 1.82) is 0 Å². The minimum Gasteiger partial charge on any atom is -0.308 e. The SMILES string of the molecule is CCCP(=O)(OCC(C)CC)OCC(C)CC. The van der Waals surface area contributed by atoms with Crippen LogP contribution in [0.3, 0.4) is 0 Å². The van der Waals surface area contributed by atoms with E-state index in [0.29, 0.717) is 31.2 Å². The molecule has 2 atom stereocenters. The lowest BCUT2D eigenvalue weighted by Crippen LogP contribution is -2.10. The van der Waals surface area contributed by atoms with Gasteiger partial charge < -0.3 is 9.05 Å². The Hall–Kier alpha value is 0.150. The molecule has 3 nitrogen and oxygen atoms in total. The quantitative estimate of drug-likeness (QED) is 0.536. The Labute approximate surface area is 107 Å². The van der Waals surface area contributed by atoms with Crippen molar-refractivity contribution < 1.29 is 13.6 Å². The van der Waals surface area contributed by atoms with Gasteiger partial charge in [0.1, 0.15) is 0 Å². The molecule has 0 aromatic rings. The molecule has 0 heterocycles. The first-order valence-corrected chi connectivity index (χ1v) is 8.58. The van der Waals surface area contributed by atoms with E-state index in [1.807, 2.05) is 6.92 Å². The first-order valence-electron chi connectivity index (χ1n) is 6.85. The molecule has 0 spiro atoms. The molecule has 0 fully saturated rings. The molecule has 0 aromatic heterocycles. The molecule has 0 aliphatic heterocycles. The van der Waals surface area contributed by atoms with Crippen molar-refractivity contribution in [2.24, 2.45) is 11.8 Å². The fraction of sp³-hybridized carbons (Fsp3) is 1.00. The number of rotatable bonds is 10. The summed E-state index contributed by atoms with van der Waals surface area (Å²) in [7, 11) is -2.85. The van der Waals surface area contributed by atoms with Crippen LogP contribution in [0.15, 0.2) is 0 Å². The fourth-order valence-electron chi connectivity index (χ4n) is 1.16. The van der Waals surface area contributed by atoms with Crippen LogP contribution < -0.4 is 0 Å². The Kier molecular flexibility index (Phi) is 9.21. The van der Waals surface area contributed by atoms with Crippen LogP contribution in [-0.2, 0) is 13.6 Å². The van der Waals surface area contributed by atoms with E-state index in [9.17, 15) is 4.57 Å². The lowest BCUT2D eigenvalue weighted by atomic mass is 10.1. The van der Waals surface area contributed by atoms with Crippen LogP contribution in [0.25, 0.3) is 0 Å². The van der Waals surface area contributed by atoms with E-state index in [4.69, 9.17) is 9.05 Å². The van der Waals surface area contributed by atoms with Gasteiger partial charge in [0.15, 0.2) is 0 Å². The maximum atomic E-state index is 12.4. The second-order valence-corrected chi connectivity index (χ2v) is 7.14. The average molecular weight is 264 g/mol. The van der Waals surface area contributed by atoms with Crippen molar-refractivity contribution >= 4 is 7.60 Å². The average Bonchev–Trinajstić information content (AvgIpc) is 2.33. The third kappa shape index (κ3) is 7.96. The van der Waals surface area contributed by atoms with Crippen molar-refractivity contribution in [1.82, 2.24) is 0 Å². The molecule has 4 heteroatoms. The van der Waals surface area contributed by atoms with Gasteiger partial charge in [-0.15, -0.1) is 0 Å². The van der Waals surface area contributed by atoms with Gasteiger partial charge in [0, 0.05) is 6.16 Å². The molecule has 0 rings (SSSR count). The minimum atomic E-state index is -2.85. The smallest absolute Gasteiger partial charge is 0.308 e. The van der Waals surface area contributed by atoms with Crippen LogP contribution in [0.5, 0.6) is 0 Å². The van der Waals surface area contributed by atoms with E-state index in [2.05, 4.69) is 27.7 Å². The van der Waals surface area contributed by atoms with Gasteiger partial charge >= 0.3 is 7.60 Å². The standard InChI is InChI=1S/C13H29O3P/c1-6-9-17(14,15-10-12(4)7-2)16-11-13(5)8-3/h12-13H,6-11H2,1-5H3. The molecule has 0 aliphatic carbocycles. The molecule has 104 valence electrons. The molecule has 0 N–H and O–H groups in total. The molecule has 17 heavy (non-hydrogen) atoms. The monoisotopic (exact) mass is 264 g/mol. The first-order chi connectivity index (χ1) is 7.97. The lowest BCUT2D eigenvalue weighted by Gasteiger charge is -2.21. The summed E-state index contributed by atoms with van der Waals surface area (Å²) in [4.78, 5) is 0. The zero-order valence-corrected chi connectivity index (χ0v) is 13.0. The zero-order valence-electron chi connectivity index (χ0n) is 12.1. The summed E-state index contributed by atoms with van der Waals surface area (Å²) < 4.78 is 23.5. The summed E-state index contributed by atoms with van der Waals surface area (Å²) in [5, 5.41) is 0. The topological polar surface area (TPSA) is 35.5 Å². The summed E-state index contributed by atoms with van der Waals surface area (Å²) in [5.74, 6) is 0.875. The molecular formula is C13H29O3P. The Balaban J connectivity index is 4.20. The van der Waals surface area contributed by atoms with Gasteiger partial charge in [-0.25, -0.2) is 0 Å². The van der Waals surface area contributed by atoms with E-state index in [1.54, 1.807) is 0 Å². The summed E-state index contributed by atoms with van der Waals surface area (Å²) in [6, 6.07) is 0. The van der Waals surface area contributed by atoms with Crippen LogP contribution in [0, 0.1) is 11.8 Å². The van der Waals surface area contributed by atoms with E-state index in [0.717, 1.165) is 19.3 Å². The van der Waals surface area contributed by atoms with Gasteiger partial charge in [-0.1, -0.05) is 47.5 Å². The highest BCUT2D eigenvalue weighted by atomic mass is 31.2. The van der Waals surface area contributed by atoms with Crippen LogP contribution >= 0.6 is 7.60 Å². The largest absolute Gasteiger partial charge is 0.330 e.